The summed E-state index contributed by atoms with van der Waals surface area (Å²) >= 11 is 0. The van der Waals surface area contributed by atoms with E-state index in [2.05, 4.69) is 38.1 Å². The van der Waals surface area contributed by atoms with Gasteiger partial charge in [-0.2, -0.15) is 0 Å². The van der Waals surface area contributed by atoms with Crippen LogP contribution in [0.4, 0.5) is 0 Å². The van der Waals surface area contributed by atoms with Gasteiger partial charge in [0.2, 0.25) is 0 Å². The third kappa shape index (κ3) is 6.86. The van der Waals surface area contributed by atoms with Gasteiger partial charge >= 0.3 is 5.97 Å². The topological polar surface area (TPSA) is 26.3 Å². The van der Waals surface area contributed by atoms with Crippen molar-refractivity contribution in [2.75, 3.05) is 0 Å². The number of rotatable bonds is 11. The molecule has 2 aromatic rings. The molecule has 0 N–H and O–H groups in total. The fourth-order valence-electron chi connectivity index (χ4n) is 4.91. The molecule has 2 heteroatoms. The maximum absolute atomic E-state index is 12.1. The van der Waals surface area contributed by atoms with E-state index in [1.165, 1.54) is 75.2 Å². The van der Waals surface area contributed by atoms with Gasteiger partial charge in [0.25, 0.3) is 0 Å². The molecule has 2 nitrogen and oxygen atoms in total. The second-order valence-electron chi connectivity index (χ2n) is 9.27. The summed E-state index contributed by atoms with van der Waals surface area (Å²) in [6.45, 7) is 4.47. The first-order valence-corrected chi connectivity index (χ1v) is 12.4. The summed E-state index contributed by atoms with van der Waals surface area (Å²) in [5.74, 6) is 2.21. The summed E-state index contributed by atoms with van der Waals surface area (Å²) < 4.78 is 5.56. The molecule has 1 fully saturated rings. The lowest BCUT2D eigenvalue weighted by atomic mass is 9.77. The Morgan fingerprint density at radius 1 is 0.833 bits per heavy atom. The van der Waals surface area contributed by atoms with Crippen LogP contribution < -0.4 is 4.74 Å². The lowest BCUT2D eigenvalue weighted by Gasteiger charge is -2.29. The number of ether oxygens (including phenoxy) is 1. The highest BCUT2D eigenvalue weighted by Gasteiger charge is 2.22. The van der Waals surface area contributed by atoms with Crippen LogP contribution in [0.1, 0.15) is 109 Å². The molecule has 0 amide bonds. The van der Waals surface area contributed by atoms with E-state index < -0.39 is 0 Å². The van der Waals surface area contributed by atoms with Crippen LogP contribution in [0.25, 0.3) is 10.8 Å². The summed E-state index contributed by atoms with van der Waals surface area (Å²) in [6.07, 6.45) is 15.9. The summed E-state index contributed by atoms with van der Waals surface area (Å²) in [5, 5.41) is 2.41. The quantitative estimate of drug-likeness (QED) is 0.211. The smallest absolute Gasteiger partial charge is 0.311 e. The van der Waals surface area contributed by atoms with Gasteiger partial charge in [0.15, 0.2) is 0 Å². The zero-order valence-electron chi connectivity index (χ0n) is 19.1. The van der Waals surface area contributed by atoms with E-state index in [-0.39, 0.29) is 5.97 Å². The number of esters is 1. The fraction of sp³-hybridized carbons (Fsp3) is 0.607. The summed E-state index contributed by atoms with van der Waals surface area (Å²) in [7, 11) is 0. The number of fused-ring (bicyclic) bond motifs is 1. The summed E-state index contributed by atoms with van der Waals surface area (Å²) in [5.41, 5.74) is 1.48. The molecule has 0 unspecified atom stereocenters. The molecule has 0 aliphatic heterocycles. The van der Waals surface area contributed by atoms with Gasteiger partial charge in [0, 0.05) is 6.42 Å². The van der Waals surface area contributed by atoms with Crippen LogP contribution in [-0.2, 0) is 4.79 Å². The predicted octanol–water partition coefficient (Wildman–Crippen LogP) is 8.57. The minimum absolute atomic E-state index is 0.113. The first kappa shape index (κ1) is 22.8. The molecular weight excluding hydrogens is 368 g/mol. The van der Waals surface area contributed by atoms with E-state index in [9.17, 15) is 4.79 Å². The molecule has 3 rings (SSSR count). The molecule has 2 aromatic carbocycles. The lowest BCUT2D eigenvalue weighted by Crippen LogP contribution is -2.13. The maximum Gasteiger partial charge on any atom is 0.311 e. The standard InChI is InChI=1S/C28H40O2/c1-3-5-7-9-11-28(29)30-27-19-18-25-20-24(16-17-26(25)21-27)23-14-12-22(13-15-23)10-8-6-4-2/h16-23H,3-15H2,1-2H3. The average molecular weight is 409 g/mol. The lowest BCUT2D eigenvalue weighted by molar-refractivity contribution is -0.134. The highest BCUT2D eigenvalue weighted by atomic mass is 16.5. The van der Waals surface area contributed by atoms with Crippen LogP contribution in [0.3, 0.4) is 0 Å². The highest BCUT2D eigenvalue weighted by molar-refractivity contribution is 5.85. The zero-order chi connectivity index (χ0) is 21.2. The number of hydrogen-bond donors (Lipinski definition) is 0. The SMILES string of the molecule is CCCCCCC(=O)Oc1ccc2cc(C3CCC(CCCCC)CC3)ccc2c1. The monoisotopic (exact) mass is 408 g/mol. The number of benzene rings is 2. The van der Waals surface area contributed by atoms with Crippen LogP contribution in [0, 0.1) is 5.92 Å². The van der Waals surface area contributed by atoms with E-state index in [0.717, 1.165) is 24.1 Å². The molecule has 1 aliphatic rings. The van der Waals surface area contributed by atoms with Gasteiger partial charge in [-0.15, -0.1) is 0 Å². The van der Waals surface area contributed by atoms with Crippen molar-refractivity contribution in [3.05, 3.63) is 42.0 Å². The number of unbranched alkanes of at least 4 members (excludes halogenated alkanes) is 5. The minimum atomic E-state index is -0.113. The molecule has 1 saturated carbocycles. The molecule has 0 bridgehead atoms. The van der Waals surface area contributed by atoms with Gasteiger partial charge in [-0.05, 0) is 72.4 Å². The predicted molar refractivity (Wildman–Crippen MR) is 127 cm³/mol. The van der Waals surface area contributed by atoms with E-state index in [0.29, 0.717) is 18.1 Å². The summed E-state index contributed by atoms with van der Waals surface area (Å²) in [4.78, 5) is 12.1. The van der Waals surface area contributed by atoms with Crippen molar-refractivity contribution >= 4 is 16.7 Å². The Kier molecular flexibility index (Phi) is 9.24. The minimum Gasteiger partial charge on any atom is -0.427 e. The second kappa shape index (κ2) is 12.1. The second-order valence-corrected chi connectivity index (χ2v) is 9.27. The van der Waals surface area contributed by atoms with Crippen LogP contribution in [0.2, 0.25) is 0 Å². The van der Waals surface area contributed by atoms with Crippen molar-refractivity contribution in [2.45, 2.75) is 103 Å². The molecule has 0 spiro atoms. The number of hydrogen-bond acceptors (Lipinski definition) is 2. The van der Waals surface area contributed by atoms with Crippen LogP contribution in [0.15, 0.2) is 36.4 Å². The van der Waals surface area contributed by atoms with Crippen LogP contribution in [-0.4, -0.2) is 5.97 Å². The van der Waals surface area contributed by atoms with E-state index in [1.807, 2.05) is 12.1 Å². The summed E-state index contributed by atoms with van der Waals surface area (Å²) in [6, 6.07) is 12.9. The molecule has 0 aromatic heterocycles. The van der Waals surface area contributed by atoms with E-state index >= 15 is 0 Å². The third-order valence-corrected chi connectivity index (χ3v) is 6.84. The van der Waals surface area contributed by atoms with E-state index in [1.54, 1.807) is 0 Å². The Balaban J connectivity index is 1.53. The van der Waals surface area contributed by atoms with E-state index in [4.69, 9.17) is 4.74 Å². The van der Waals surface area contributed by atoms with Gasteiger partial charge in [-0.3, -0.25) is 4.79 Å². The zero-order valence-corrected chi connectivity index (χ0v) is 19.1. The maximum atomic E-state index is 12.1. The Labute approximate surface area is 183 Å². The Bertz CT molecular complexity index is 786. The highest BCUT2D eigenvalue weighted by Crippen LogP contribution is 2.38. The molecule has 164 valence electrons. The molecule has 0 atom stereocenters. The molecular formula is C28H40O2. The van der Waals surface area contributed by atoms with Crippen molar-refractivity contribution in [2.24, 2.45) is 5.92 Å². The van der Waals surface area contributed by atoms with Gasteiger partial charge < -0.3 is 4.74 Å². The molecule has 0 radical (unpaired) electrons. The largest absolute Gasteiger partial charge is 0.427 e. The Morgan fingerprint density at radius 3 is 2.30 bits per heavy atom. The number of carbonyl (C=O) groups excluding carboxylic acids is 1. The normalized spacial score (nSPS) is 19.1. The average Bonchev–Trinajstić information content (AvgIpc) is 2.77. The van der Waals surface area contributed by atoms with Crippen LogP contribution >= 0.6 is 0 Å². The number of carbonyl (C=O) groups is 1. The molecule has 1 aliphatic carbocycles. The molecule has 0 heterocycles. The first-order chi connectivity index (χ1) is 14.7. The van der Waals surface area contributed by atoms with Gasteiger partial charge in [-0.1, -0.05) is 83.1 Å². The Hall–Kier alpha value is -1.83. The Morgan fingerprint density at radius 2 is 1.53 bits per heavy atom. The molecule has 30 heavy (non-hydrogen) atoms. The van der Waals surface area contributed by atoms with Gasteiger partial charge in [0.1, 0.15) is 5.75 Å². The van der Waals surface area contributed by atoms with Crippen molar-refractivity contribution in [3.8, 4) is 5.75 Å². The van der Waals surface area contributed by atoms with Crippen molar-refractivity contribution in [1.29, 1.82) is 0 Å². The fourth-order valence-corrected chi connectivity index (χ4v) is 4.91. The van der Waals surface area contributed by atoms with Crippen molar-refractivity contribution in [1.82, 2.24) is 0 Å². The van der Waals surface area contributed by atoms with Crippen molar-refractivity contribution in [3.63, 3.8) is 0 Å². The first-order valence-electron chi connectivity index (χ1n) is 12.4. The van der Waals surface area contributed by atoms with Crippen LogP contribution in [0.5, 0.6) is 5.75 Å². The van der Waals surface area contributed by atoms with Gasteiger partial charge in [-0.25, -0.2) is 0 Å². The van der Waals surface area contributed by atoms with Crippen molar-refractivity contribution < 1.29 is 9.53 Å². The third-order valence-electron chi connectivity index (χ3n) is 6.84. The van der Waals surface area contributed by atoms with Gasteiger partial charge in [0.05, 0.1) is 0 Å². The molecule has 0 saturated heterocycles.